The molecule has 0 radical (unpaired) electrons. The molecule has 0 amide bonds. The van der Waals surface area contributed by atoms with Gasteiger partial charge < -0.3 is 9.84 Å². The van der Waals surface area contributed by atoms with Crippen molar-refractivity contribution in [3.8, 4) is 5.75 Å². The SMILES string of the molecule is COc1ccccc1C(O)c1ccc(Br)c(Cl)c1F. The van der Waals surface area contributed by atoms with Crippen molar-refractivity contribution in [2.75, 3.05) is 7.11 Å². The average molecular weight is 346 g/mol. The average Bonchev–Trinajstić information content (AvgIpc) is 2.44. The van der Waals surface area contributed by atoms with Gasteiger partial charge >= 0.3 is 0 Å². The largest absolute Gasteiger partial charge is 0.496 e. The lowest BCUT2D eigenvalue weighted by molar-refractivity contribution is 0.209. The second-order valence-corrected chi connectivity index (χ2v) is 5.14. The Bertz CT molecular complexity index is 604. The molecule has 0 aliphatic heterocycles. The quantitative estimate of drug-likeness (QED) is 0.839. The highest BCUT2D eigenvalue weighted by Gasteiger charge is 2.21. The molecule has 1 unspecified atom stereocenters. The van der Waals surface area contributed by atoms with E-state index in [1.165, 1.54) is 13.2 Å². The second kappa shape index (κ2) is 5.90. The lowest BCUT2D eigenvalue weighted by Crippen LogP contribution is -2.05. The smallest absolute Gasteiger partial charge is 0.149 e. The van der Waals surface area contributed by atoms with Crippen LogP contribution in [-0.2, 0) is 0 Å². The van der Waals surface area contributed by atoms with E-state index in [4.69, 9.17) is 16.3 Å². The summed E-state index contributed by atoms with van der Waals surface area (Å²) in [5.41, 5.74) is 0.597. The van der Waals surface area contributed by atoms with Crippen LogP contribution in [0.3, 0.4) is 0 Å². The molecule has 0 bridgehead atoms. The molecule has 0 aliphatic rings. The Morgan fingerprint density at radius 3 is 2.58 bits per heavy atom. The summed E-state index contributed by atoms with van der Waals surface area (Å²) in [7, 11) is 1.50. The zero-order valence-electron chi connectivity index (χ0n) is 10.0. The molecular formula is C14H11BrClFO2. The lowest BCUT2D eigenvalue weighted by Gasteiger charge is -2.16. The molecule has 1 N–H and O–H groups in total. The van der Waals surface area contributed by atoms with E-state index in [1.54, 1.807) is 30.3 Å². The number of para-hydroxylation sites is 1. The van der Waals surface area contributed by atoms with Crippen LogP contribution in [-0.4, -0.2) is 12.2 Å². The number of methoxy groups -OCH3 is 1. The first-order chi connectivity index (χ1) is 9.06. The van der Waals surface area contributed by atoms with E-state index < -0.39 is 11.9 Å². The third kappa shape index (κ3) is 2.76. The lowest BCUT2D eigenvalue weighted by atomic mass is 10.0. The molecule has 0 heterocycles. The summed E-state index contributed by atoms with van der Waals surface area (Å²) in [6.45, 7) is 0. The Morgan fingerprint density at radius 2 is 1.89 bits per heavy atom. The molecule has 1 atom stereocenters. The van der Waals surface area contributed by atoms with Crippen LogP contribution in [0.25, 0.3) is 0 Å². The fourth-order valence-electron chi connectivity index (χ4n) is 1.81. The molecule has 2 rings (SSSR count). The number of ether oxygens (including phenoxy) is 1. The first-order valence-corrected chi connectivity index (χ1v) is 6.67. The summed E-state index contributed by atoms with van der Waals surface area (Å²) < 4.78 is 19.7. The van der Waals surface area contributed by atoms with Crippen molar-refractivity contribution in [2.45, 2.75) is 6.10 Å². The summed E-state index contributed by atoms with van der Waals surface area (Å²) in [6, 6.07) is 10.00. The summed E-state index contributed by atoms with van der Waals surface area (Å²) in [5.74, 6) is -0.150. The zero-order chi connectivity index (χ0) is 14.0. The molecule has 5 heteroatoms. The number of rotatable bonds is 3. The predicted octanol–water partition coefficient (Wildman–Crippen LogP) is 4.33. The van der Waals surface area contributed by atoms with Crippen LogP contribution in [0, 0.1) is 5.82 Å². The van der Waals surface area contributed by atoms with Crippen molar-refractivity contribution in [1.29, 1.82) is 0 Å². The Kier molecular flexibility index (Phi) is 4.45. The maximum absolute atomic E-state index is 14.1. The predicted molar refractivity (Wildman–Crippen MR) is 76.2 cm³/mol. The molecule has 0 saturated heterocycles. The van der Waals surface area contributed by atoms with Crippen LogP contribution in [0.5, 0.6) is 5.75 Å². The normalized spacial score (nSPS) is 12.3. The van der Waals surface area contributed by atoms with Gasteiger partial charge in [0.25, 0.3) is 0 Å². The Morgan fingerprint density at radius 1 is 1.21 bits per heavy atom. The third-order valence-corrected chi connectivity index (χ3v) is 4.05. The fraction of sp³-hybridized carbons (Fsp3) is 0.143. The van der Waals surface area contributed by atoms with E-state index in [0.717, 1.165) is 0 Å². The molecule has 0 aromatic heterocycles. The number of hydrogen-bond donors (Lipinski definition) is 1. The minimum Gasteiger partial charge on any atom is -0.496 e. The highest BCUT2D eigenvalue weighted by atomic mass is 79.9. The van der Waals surface area contributed by atoms with Crippen molar-refractivity contribution in [2.24, 2.45) is 0 Å². The van der Waals surface area contributed by atoms with Crippen molar-refractivity contribution in [1.82, 2.24) is 0 Å². The summed E-state index contributed by atoms with van der Waals surface area (Å²) in [5, 5.41) is 10.3. The molecule has 2 aromatic carbocycles. The molecule has 2 nitrogen and oxygen atoms in total. The van der Waals surface area contributed by atoms with E-state index in [2.05, 4.69) is 15.9 Å². The maximum atomic E-state index is 14.1. The van der Waals surface area contributed by atoms with Gasteiger partial charge in [-0.15, -0.1) is 0 Å². The van der Waals surface area contributed by atoms with Crippen LogP contribution in [0.15, 0.2) is 40.9 Å². The third-order valence-electron chi connectivity index (χ3n) is 2.79. The monoisotopic (exact) mass is 344 g/mol. The number of halogens is 3. The van der Waals surface area contributed by atoms with Crippen LogP contribution >= 0.6 is 27.5 Å². The summed E-state index contributed by atoms with van der Waals surface area (Å²) >= 11 is 8.96. The van der Waals surface area contributed by atoms with Crippen molar-refractivity contribution < 1.29 is 14.2 Å². The van der Waals surface area contributed by atoms with Gasteiger partial charge in [-0.1, -0.05) is 35.9 Å². The van der Waals surface area contributed by atoms with Gasteiger partial charge in [0.15, 0.2) is 0 Å². The Hall–Kier alpha value is -1.10. The molecule has 100 valence electrons. The molecule has 0 fully saturated rings. The fourth-order valence-corrected chi connectivity index (χ4v) is 2.29. The molecule has 0 saturated carbocycles. The highest BCUT2D eigenvalue weighted by Crippen LogP contribution is 2.35. The van der Waals surface area contributed by atoms with E-state index in [1.807, 2.05) is 0 Å². The Balaban J connectivity index is 2.50. The van der Waals surface area contributed by atoms with Gasteiger partial charge in [0.1, 0.15) is 17.7 Å². The molecule has 0 spiro atoms. The molecular weight excluding hydrogens is 335 g/mol. The first kappa shape index (κ1) is 14.3. The summed E-state index contributed by atoms with van der Waals surface area (Å²) in [6.07, 6.45) is -1.14. The van der Waals surface area contributed by atoms with Gasteiger partial charge in [0.2, 0.25) is 0 Å². The van der Waals surface area contributed by atoms with Crippen LogP contribution in [0.4, 0.5) is 4.39 Å². The molecule has 19 heavy (non-hydrogen) atoms. The van der Waals surface area contributed by atoms with Gasteiger partial charge in [0, 0.05) is 15.6 Å². The van der Waals surface area contributed by atoms with E-state index >= 15 is 0 Å². The summed E-state index contributed by atoms with van der Waals surface area (Å²) in [4.78, 5) is 0. The number of hydrogen-bond acceptors (Lipinski definition) is 2. The number of aliphatic hydroxyl groups is 1. The second-order valence-electron chi connectivity index (χ2n) is 3.91. The van der Waals surface area contributed by atoms with Gasteiger partial charge in [-0.05, 0) is 28.1 Å². The zero-order valence-corrected chi connectivity index (χ0v) is 12.4. The Labute approximate surface area is 123 Å². The van der Waals surface area contributed by atoms with Gasteiger partial charge in [-0.25, -0.2) is 4.39 Å². The van der Waals surface area contributed by atoms with Crippen LogP contribution in [0.1, 0.15) is 17.2 Å². The topological polar surface area (TPSA) is 29.5 Å². The number of benzene rings is 2. The number of aliphatic hydroxyl groups excluding tert-OH is 1. The molecule has 2 aromatic rings. The van der Waals surface area contributed by atoms with Crippen LogP contribution in [0.2, 0.25) is 5.02 Å². The van der Waals surface area contributed by atoms with E-state index in [-0.39, 0.29) is 10.6 Å². The first-order valence-electron chi connectivity index (χ1n) is 5.50. The van der Waals surface area contributed by atoms with E-state index in [0.29, 0.717) is 15.8 Å². The van der Waals surface area contributed by atoms with Crippen molar-refractivity contribution >= 4 is 27.5 Å². The van der Waals surface area contributed by atoms with Crippen LogP contribution < -0.4 is 4.74 Å². The van der Waals surface area contributed by atoms with Gasteiger partial charge in [-0.3, -0.25) is 0 Å². The standard InChI is InChI=1S/C14H11BrClFO2/c1-19-11-5-3-2-4-8(11)14(18)9-6-7-10(15)12(16)13(9)17/h2-7,14,18H,1H3. The highest BCUT2D eigenvalue weighted by molar-refractivity contribution is 9.10. The van der Waals surface area contributed by atoms with Crippen molar-refractivity contribution in [3.05, 3.63) is 62.8 Å². The van der Waals surface area contributed by atoms with Crippen molar-refractivity contribution in [3.63, 3.8) is 0 Å². The maximum Gasteiger partial charge on any atom is 0.149 e. The van der Waals surface area contributed by atoms with E-state index in [9.17, 15) is 9.50 Å². The van der Waals surface area contributed by atoms with Gasteiger partial charge in [-0.2, -0.15) is 0 Å². The minimum atomic E-state index is -1.14. The minimum absolute atomic E-state index is 0.0496. The molecule has 0 aliphatic carbocycles. The van der Waals surface area contributed by atoms with Gasteiger partial charge in [0.05, 0.1) is 12.1 Å².